The monoisotopic (exact) mass is 212 g/mol. The van der Waals surface area contributed by atoms with Crippen molar-refractivity contribution in [3.8, 4) is 0 Å². The van der Waals surface area contributed by atoms with Crippen LogP contribution in [0.1, 0.15) is 25.2 Å². The molecule has 0 aliphatic carbocycles. The molecule has 0 amide bonds. The van der Waals surface area contributed by atoms with E-state index < -0.39 is 18.5 Å². The summed E-state index contributed by atoms with van der Waals surface area (Å²) in [5, 5.41) is 8.24. The van der Waals surface area contributed by atoms with Gasteiger partial charge in [-0.05, 0) is 0 Å². The van der Waals surface area contributed by atoms with Gasteiger partial charge in [-0.25, -0.2) is 4.79 Å². The minimum atomic E-state index is -1.05. The number of aliphatic hydroxyl groups is 1. The molecule has 0 atom stereocenters. The Kier molecular flexibility index (Phi) is 8.10. The van der Waals surface area contributed by atoms with Crippen molar-refractivity contribution < 1.29 is 19.4 Å². The maximum absolute atomic E-state index is 11.1. The lowest BCUT2D eigenvalue weighted by Gasteiger charge is -1.98. The number of hydrogen-bond acceptors (Lipinski definition) is 4. The van der Waals surface area contributed by atoms with Crippen LogP contribution in [0.25, 0.3) is 0 Å². The van der Waals surface area contributed by atoms with Crippen LogP contribution < -0.4 is 0 Å². The first kappa shape index (κ1) is 15.8. The van der Waals surface area contributed by atoms with Gasteiger partial charge >= 0.3 is 5.97 Å². The summed E-state index contributed by atoms with van der Waals surface area (Å²) < 4.78 is 4.13. The molecular formula is C11H16O4. The van der Waals surface area contributed by atoms with Crippen LogP contribution in [0.15, 0.2) is 30.3 Å². The van der Waals surface area contributed by atoms with Gasteiger partial charge in [0.15, 0.2) is 6.79 Å². The van der Waals surface area contributed by atoms with Gasteiger partial charge in [-0.3, -0.25) is 4.79 Å². The van der Waals surface area contributed by atoms with Crippen LogP contribution in [0.5, 0.6) is 0 Å². The van der Waals surface area contributed by atoms with E-state index in [1.165, 1.54) is 12.1 Å². The zero-order chi connectivity index (χ0) is 9.68. The van der Waals surface area contributed by atoms with Crippen molar-refractivity contribution in [2.75, 3.05) is 6.79 Å². The first-order valence-electron chi connectivity index (χ1n) is 3.63. The average molecular weight is 212 g/mol. The standard InChI is InChI=1S/C9H8O4.2CH4/c10-6-13-9(12)8(11)7-4-2-1-3-5-7;;/h1-5,10H,6H2;2*1H4. The van der Waals surface area contributed by atoms with Crippen molar-refractivity contribution in [2.45, 2.75) is 14.9 Å². The first-order chi connectivity index (χ1) is 6.25. The van der Waals surface area contributed by atoms with Crippen molar-refractivity contribution in [1.29, 1.82) is 0 Å². The number of Topliss-reactive ketones (excluding diaryl/α,β-unsaturated/α-hetero) is 1. The Hall–Kier alpha value is -1.68. The number of rotatable bonds is 3. The molecule has 0 unspecified atom stereocenters. The smallest absolute Gasteiger partial charge is 0.381 e. The third-order valence-corrected chi connectivity index (χ3v) is 1.42. The van der Waals surface area contributed by atoms with Crippen LogP contribution in [0.2, 0.25) is 0 Å². The number of ketones is 1. The molecule has 4 heteroatoms. The fourth-order valence-corrected chi connectivity index (χ4v) is 0.832. The molecule has 0 spiro atoms. The van der Waals surface area contributed by atoms with Gasteiger partial charge in [0.1, 0.15) is 0 Å². The Balaban J connectivity index is 0. The zero-order valence-corrected chi connectivity index (χ0v) is 6.77. The highest BCUT2D eigenvalue weighted by atomic mass is 16.6. The van der Waals surface area contributed by atoms with Crippen LogP contribution in [0.3, 0.4) is 0 Å². The third kappa shape index (κ3) is 4.37. The Morgan fingerprint density at radius 2 is 1.67 bits per heavy atom. The average Bonchev–Trinajstić information content (AvgIpc) is 2.18. The minimum Gasteiger partial charge on any atom is -0.433 e. The molecule has 0 radical (unpaired) electrons. The number of carbonyl (C=O) groups excluding carboxylic acids is 2. The molecule has 0 aromatic heterocycles. The fraction of sp³-hybridized carbons (Fsp3) is 0.273. The molecule has 0 heterocycles. The van der Waals surface area contributed by atoms with E-state index in [0.717, 1.165) is 0 Å². The number of benzene rings is 1. The molecule has 0 fully saturated rings. The lowest BCUT2D eigenvalue weighted by Crippen LogP contribution is -2.17. The van der Waals surface area contributed by atoms with Gasteiger partial charge in [0.25, 0.3) is 5.78 Å². The van der Waals surface area contributed by atoms with Crippen LogP contribution in [0.4, 0.5) is 0 Å². The van der Waals surface area contributed by atoms with Gasteiger partial charge in [0.2, 0.25) is 0 Å². The molecule has 1 rings (SSSR count). The minimum absolute atomic E-state index is 0. The summed E-state index contributed by atoms with van der Waals surface area (Å²) >= 11 is 0. The van der Waals surface area contributed by atoms with Crippen molar-refractivity contribution >= 4 is 11.8 Å². The maximum Gasteiger partial charge on any atom is 0.381 e. The quantitative estimate of drug-likeness (QED) is 0.358. The molecule has 0 aliphatic rings. The molecule has 0 saturated heterocycles. The molecule has 0 saturated carbocycles. The maximum atomic E-state index is 11.1. The second-order valence-corrected chi connectivity index (χ2v) is 2.26. The summed E-state index contributed by atoms with van der Waals surface area (Å²) in [6, 6.07) is 8.01. The normalized spacial score (nSPS) is 8.07. The predicted molar refractivity (Wildman–Crippen MR) is 57.4 cm³/mol. The van der Waals surface area contributed by atoms with Crippen molar-refractivity contribution in [3.05, 3.63) is 35.9 Å². The van der Waals surface area contributed by atoms with E-state index in [9.17, 15) is 9.59 Å². The Bertz CT molecular complexity index is 306. The van der Waals surface area contributed by atoms with E-state index >= 15 is 0 Å². The van der Waals surface area contributed by atoms with Gasteiger partial charge in [-0.1, -0.05) is 45.2 Å². The molecule has 4 nitrogen and oxygen atoms in total. The van der Waals surface area contributed by atoms with E-state index in [0.29, 0.717) is 0 Å². The number of esters is 1. The molecule has 1 N–H and O–H groups in total. The molecule has 84 valence electrons. The fourth-order valence-electron chi connectivity index (χ4n) is 0.832. The van der Waals surface area contributed by atoms with Gasteiger partial charge in [0, 0.05) is 5.56 Å². The van der Waals surface area contributed by atoms with E-state index in [1.807, 2.05) is 0 Å². The predicted octanol–water partition coefficient (Wildman–Crippen LogP) is 1.63. The molecule has 0 aliphatic heterocycles. The van der Waals surface area contributed by atoms with E-state index in [4.69, 9.17) is 5.11 Å². The largest absolute Gasteiger partial charge is 0.433 e. The lowest BCUT2D eigenvalue weighted by atomic mass is 10.1. The number of aliphatic hydroxyl groups excluding tert-OH is 1. The summed E-state index contributed by atoms with van der Waals surface area (Å²) in [6.07, 6.45) is 0. The van der Waals surface area contributed by atoms with Gasteiger partial charge in [0.05, 0.1) is 0 Å². The van der Waals surface area contributed by atoms with Crippen molar-refractivity contribution in [1.82, 2.24) is 0 Å². The zero-order valence-electron chi connectivity index (χ0n) is 6.77. The van der Waals surface area contributed by atoms with E-state index in [2.05, 4.69) is 4.74 Å². The van der Waals surface area contributed by atoms with E-state index in [-0.39, 0.29) is 20.4 Å². The van der Waals surface area contributed by atoms with Crippen LogP contribution in [-0.2, 0) is 9.53 Å². The summed E-state index contributed by atoms with van der Waals surface area (Å²) in [7, 11) is 0. The van der Waals surface area contributed by atoms with Crippen LogP contribution >= 0.6 is 0 Å². The van der Waals surface area contributed by atoms with E-state index in [1.54, 1.807) is 18.2 Å². The van der Waals surface area contributed by atoms with Crippen LogP contribution in [0, 0.1) is 0 Å². The van der Waals surface area contributed by atoms with Crippen molar-refractivity contribution in [3.63, 3.8) is 0 Å². The SMILES string of the molecule is C.C.O=C(OCO)C(=O)c1ccccc1. The van der Waals surface area contributed by atoms with Gasteiger partial charge in [-0.15, -0.1) is 0 Å². The molecule has 0 bridgehead atoms. The van der Waals surface area contributed by atoms with Crippen LogP contribution in [-0.4, -0.2) is 23.7 Å². The lowest BCUT2D eigenvalue weighted by molar-refractivity contribution is -0.145. The number of carbonyl (C=O) groups is 2. The summed E-state index contributed by atoms with van der Waals surface area (Å²) in [5.74, 6) is -1.80. The Morgan fingerprint density at radius 1 is 1.13 bits per heavy atom. The van der Waals surface area contributed by atoms with Gasteiger partial charge < -0.3 is 9.84 Å². The van der Waals surface area contributed by atoms with Crippen molar-refractivity contribution in [2.24, 2.45) is 0 Å². The Morgan fingerprint density at radius 3 is 2.13 bits per heavy atom. The number of hydrogen-bond donors (Lipinski definition) is 1. The third-order valence-electron chi connectivity index (χ3n) is 1.42. The summed E-state index contributed by atoms with van der Waals surface area (Å²) in [6.45, 7) is -0.780. The molecule has 1 aromatic carbocycles. The topological polar surface area (TPSA) is 63.6 Å². The first-order valence-corrected chi connectivity index (χ1v) is 3.63. The number of ether oxygens (including phenoxy) is 1. The molecule has 15 heavy (non-hydrogen) atoms. The highest BCUT2D eigenvalue weighted by Crippen LogP contribution is 2.00. The summed E-state index contributed by atoms with van der Waals surface area (Å²) in [5.41, 5.74) is 0.251. The Labute approximate surface area is 89.5 Å². The molecule has 1 aromatic rings. The highest BCUT2D eigenvalue weighted by Gasteiger charge is 2.16. The molecular weight excluding hydrogens is 196 g/mol. The highest BCUT2D eigenvalue weighted by molar-refractivity contribution is 6.40. The summed E-state index contributed by atoms with van der Waals surface area (Å²) in [4.78, 5) is 22.0. The second-order valence-electron chi connectivity index (χ2n) is 2.26. The van der Waals surface area contributed by atoms with Gasteiger partial charge in [-0.2, -0.15) is 0 Å². The second kappa shape index (κ2) is 7.70.